The van der Waals surface area contributed by atoms with Gasteiger partial charge in [0.05, 0.1) is 12.2 Å². The van der Waals surface area contributed by atoms with Crippen molar-refractivity contribution >= 4 is 23.0 Å². The minimum absolute atomic E-state index is 0.103. The number of benzene rings is 1. The van der Waals surface area contributed by atoms with E-state index in [2.05, 4.69) is 17.5 Å². The van der Waals surface area contributed by atoms with Gasteiger partial charge in [0.2, 0.25) is 0 Å². The van der Waals surface area contributed by atoms with E-state index in [1.54, 1.807) is 0 Å². The molecule has 106 valence electrons. The van der Waals surface area contributed by atoms with Crippen LogP contribution in [0.2, 0.25) is 0 Å². The zero-order valence-corrected chi connectivity index (χ0v) is 11.4. The van der Waals surface area contributed by atoms with Crippen LogP contribution in [0.4, 0.5) is 18.9 Å². The second-order valence-corrected chi connectivity index (χ2v) is 4.88. The van der Waals surface area contributed by atoms with Gasteiger partial charge >= 0.3 is 6.18 Å². The van der Waals surface area contributed by atoms with Gasteiger partial charge in [-0.3, -0.25) is 0 Å². The van der Waals surface area contributed by atoms with E-state index in [0.29, 0.717) is 6.61 Å². The zero-order valence-electron chi connectivity index (χ0n) is 10.5. The van der Waals surface area contributed by atoms with Crippen molar-refractivity contribution in [3.8, 4) is 5.75 Å². The van der Waals surface area contributed by atoms with Gasteiger partial charge in [-0.1, -0.05) is 13.8 Å². The van der Waals surface area contributed by atoms with Gasteiger partial charge in [-0.15, -0.1) is 0 Å². The van der Waals surface area contributed by atoms with Crippen molar-refractivity contribution in [2.75, 3.05) is 11.9 Å². The molecule has 3 nitrogen and oxygen atoms in total. The molecule has 0 radical (unpaired) electrons. The molecule has 1 rings (SSSR count). The fourth-order valence-corrected chi connectivity index (χ4v) is 1.44. The molecule has 0 atom stereocenters. The molecule has 0 saturated heterocycles. The number of nitrogens with one attached hydrogen (secondary N) is 1. The molecule has 0 aliphatic rings. The second kappa shape index (κ2) is 6.10. The number of alkyl halides is 3. The minimum atomic E-state index is -4.45. The highest BCUT2D eigenvalue weighted by molar-refractivity contribution is 7.80. The lowest BCUT2D eigenvalue weighted by molar-refractivity contribution is -0.137. The van der Waals surface area contributed by atoms with E-state index >= 15 is 0 Å². The van der Waals surface area contributed by atoms with Crippen molar-refractivity contribution in [1.29, 1.82) is 0 Å². The highest BCUT2D eigenvalue weighted by Crippen LogP contribution is 2.34. The molecular weight excluding hydrogens is 277 g/mol. The number of ether oxygens (including phenoxy) is 1. The Labute approximate surface area is 114 Å². The van der Waals surface area contributed by atoms with Gasteiger partial charge in [0.1, 0.15) is 5.75 Å². The summed E-state index contributed by atoms with van der Waals surface area (Å²) in [6, 6.07) is 3.31. The fraction of sp³-hybridized carbons (Fsp3) is 0.417. The molecule has 7 heteroatoms. The van der Waals surface area contributed by atoms with Gasteiger partial charge in [-0.25, -0.2) is 0 Å². The van der Waals surface area contributed by atoms with E-state index < -0.39 is 11.7 Å². The molecule has 1 aromatic carbocycles. The average Bonchev–Trinajstić information content (AvgIpc) is 2.24. The smallest absolute Gasteiger partial charge is 0.416 e. The van der Waals surface area contributed by atoms with Crippen LogP contribution in [0.1, 0.15) is 19.4 Å². The van der Waals surface area contributed by atoms with E-state index in [1.165, 1.54) is 6.07 Å². The summed E-state index contributed by atoms with van der Waals surface area (Å²) in [5.41, 5.74) is 4.60. The van der Waals surface area contributed by atoms with Crippen LogP contribution < -0.4 is 15.8 Å². The first-order valence-corrected chi connectivity index (χ1v) is 6.01. The molecular formula is C12H15F3N2OS. The van der Waals surface area contributed by atoms with Gasteiger partial charge < -0.3 is 15.8 Å². The maximum absolute atomic E-state index is 12.7. The Morgan fingerprint density at radius 2 is 2.00 bits per heavy atom. The number of halogens is 3. The third-order valence-corrected chi connectivity index (χ3v) is 2.19. The quantitative estimate of drug-likeness (QED) is 0.835. The van der Waals surface area contributed by atoms with Crippen LogP contribution >= 0.6 is 12.2 Å². The summed E-state index contributed by atoms with van der Waals surface area (Å²) < 4.78 is 43.5. The van der Waals surface area contributed by atoms with E-state index in [0.717, 1.165) is 12.1 Å². The lowest BCUT2D eigenvalue weighted by Crippen LogP contribution is -2.19. The normalized spacial score (nSPS) is 11.5. The first-order valence-electron chi connectivity index (χ1n) is 5.60. The van der Waals surface area contributed by atoms with E-state index in [-0.39, 0.29) is 22.5 Å². The molecule has 0 heterocycles. The molecule has 0 unspecified atom stereocenters. The van der Waals surface area contributed by atoms with Crippen LogP contribution in [-0.4, -0.2) is 11.7 Å². The summed E-state index contributed by atoms with van der Waals surface area (Å²) in [5, 5.41) is 2.37. The molecule has 0 bridgehead atoms. The second-order valence-electron chi connectivity index (χ2n) is 4.44. The summed E-state index contributed by atoms with van der Waals surface area (Å²) in [6.07, 6.45) is -4.45. The van der Waals surface area contributed by atoms with Crippen molar-refractivity contribution < 1.29 is 17.9 Å². The van der Waals surface area contributed by atoms with Crippen molar-refractivity contribution in [3.05, 3.63) is 23.8 Å². The van der Waals surface area contributed by atoms with Gasteiger partial charge in [0, 0.05) is 11.8 Å². The summed E-state index contributed by atoms with van der Waals surface area (Å²) in [7, 11) is 0. The molecule has 0 saturated carbocycles. The average molecular weight is 292 g/mol. The third kappa shape index (κ3) is 5.34. The molecule has 0 fully saturated rings. The van der Waals surface area contributed by atoms with Crippen molar-refractivity contribution in [2.24, 2.45) is 11.7 Å². The molecule has 19 heavy (non-hydrogen) atoms. The van der Waals surface area contributed by atoms with Gasteiger partial charge in [-0.05, 0) is 30.3 Å². The fourth-order valence-electron chi connectivity index (χ4n) is 1.32. The molecule has 0 amide bonds. The van der Waals surface area contributed by atoms with Crippen LogP contribution in [0.15, 0.2) is 18.2 Å². The Morgan fingerprint density at radius 1 is 1.37 bits per heavy atom. The van der Waals surface area contributed by atoms with Crippen LogP contribution in [0.3, 0.4) is 0 Å². The Morgan fingerprint density at radius 3 is 2.47 bits per heavy atom. The molecule has 0 spiro atoms. The van der Waals surface area contributed by atoms with E-state index in [4.69, 9.17) is 10.5 Å². The number of thiocarbonyl (C=S) groups is 1. The van der Waals surface area contributed by atoms with E-state index in [1.807, 2.05) is 13.8 Å². The largest absolute Gasteiger partial charge is 0.493 e. The van der Waals surface area contributed by atoms with Crippen LogP contribution in [0.25, 0.3) is 0 Å². The number of hydrogen-bond acceptors (Lipinski definition) is 2. The summed E-state index contributed by atoms with van der Waals surface area (Å²) in [6.45, 7) is 4.14. The molecule has 0 aliphatic carbocycles. The first kappa shape index (κ1) is 15.6. The van der Waals surface area contributed by atoms with Crippen molar-refractivity contribution in [1.82, 2.24) is 0 Å². The number of nitrogens with two attached hydrogens (primary N) is 1. The Balaban J connectivity index is 3.05. The van der Waals surface area contributed by atoms with Crippen LogP contribution in [0, 0.1) is 5.92 Å². The SMILES string of the molecule is CC(C)COc1cc(NC(N)=S)cc(C(F)(F)F)c1. The summed E-state index contributed by atoms with van der Waals surface area (Å²) in [5.74, 6) is 0.337. The first-order chi connectivity index (χ1) is 8.68. The monoisotopic (exact) mass is 292 g/mol. The molecule has 0 aliphatic heterocycles. The Hall–Kier alpha value is -1.50. The van der Waals surface area contributed by atoms with E-state index in [9.17, 15) is 13.2 Å². The third-order valence-electron chi connectivity index (χ3n) is 2.08. The zero-order chi connectivity index (χ0) is 14.6. The van der Waals surface area contributed by atoms with Crippen LogP contribution in [0.5, 0.6) is 5.75 Å². The van der Waals surface area contributed by atoms with Crippen molar-refractivity contribution in [2.45, 2.75) is 20.0 Å². The standard InChI is InChI=1S/C12H15F3N2OS/c1-7(2)6-18-10-4-8(12(13,14)15)3-9(5-10)17-11(16)19/h3-5,7H,6H2,1-2H3,(H3,16,17,19). The number of anilines is 1. The Bertz CT molecular complexity index is 461. The maximum atomic E-state index is 12.7. The van der Waals surface area contributed by atoms with Crippen LogP contribution in [-0.2, 0) is 6.18 Å². The van der Waals surface area contributed by atoms with Crippen molar-refractivity contribution in [3.63, 3.8) is 0 Å². The predicted octanol–water partition coefficient (Wildman–Crippen LogP) is 3.40. The van der Waals surface area contributed by atoms with Gasteiger partial charge in [0.15, 0.2) is 5.11 Å². The highest BCUT2D eigenvalue weighted by Gasteiger charge is 2.31. The minimum Gasteiger partial charge on any atom is -0.493 e. The molecule has 3 N–H and O–H groups in total. The van der Waals surface area contributed by atoms with Gasteiger partial charge in [0.25, 0.3) is 0 Å². The topological polar surface area (TPSA) is 47.3 Å². The summed E-state index contributed by atoms with van der Waals surface area (Å²) in [4.78, 5) is 0. The Kier molecular flexibility index (Phi) is 4.99. The number of hydrogen-bond donors (Lipinski definition) is 2. The highest BCUT2D eigenvalue weighted by atomic mass is 32.1. The number of rotatable bonds is 4. The maximum Gasteiger partial charge on any atom is 0.416 e. The molecule has 1 aromatic rings. The lowest BCUT2D eigenvalue weighted by atomic mass is 10.1. The van der Waals surface area contributed by atoms with Gasteiger partial charge in [-0.2, -0.15) is 13.2 Å². The predicted molar refractivity (Wildman–Crippen MR) is 72.2 cm³/mol. The summed E-state index contributed by atoms with van der Waals surface area (Å²) >= 11 is 4.61. The molecule has 0 aromatic heterocycles. The lowest BCUT2D eigenvalue weighted by Gasteiger charge is -2.14.